The van der Waals surface area contributed by atoms with Gasteiger partial charge in [-0.15, -0.1) is 11.3 Å². The van der Waals surface area contributed by atoms with Gasteiger partial charge in [0.05, 0.1) is 23.1 Å². The number of hydrogen-bond acceptors (Lipinski definition) is 5. The second kappa shape index (κ2) is 9.20. The number of rotatable bonds is 6. The summed E-state index contributed by atoms with van der Waals surface area (Å²) in [6, 6.07) is 11.3. The summed E-state index contributed by atoms with van der Waals surface area (Å²) in [5, 5.41) is 4.84. The van der Waals surface area contributed by atoms with Crippen molar-refractivity contribution in [1.82, 2.24) is 15.3 Å². The standard InChI is InChI=1S/C21H19FN4O2S/c1-14(18-8-5-6-12-23-18)24-20(28)11-10-16-13-29-21(25-16)26(15(2)27)19-9-4-3-7-17(19)22/h3-14H,1-2H3,(H,24,28)/b11-10+. The highest BCUT2D eigenvalue weighted by atomic mass is 32.1. The molecule has 2 amide bonds. The van der Waals surface area contributed by atoms with Crippen LogP contribution in [0, 0.1) is 5.82 Å². The molecular formula is C21H19FN4O2S. The average Bonchev–Trinajstić information content (AvgIpc) is 3.17. The molecule has 0 aliphatic heterocycles. The normalized spacial score (nSPS) is 12.0. The largest absolute Gasteiger partial charge is 0.344 e. The Hall–Kier alpha value is -3.39. The number of carbonyl (C=O) groups excluding carboxylic acids is 2. The van der Waals surface area contributed by atoms with Gasteiger partial charge in [-0.25, -0.2) is 9.37 Å². The van der Waals surface area contributed by atoms with Crippen LogP contribution in [0.2, 0.25) is 0 Å². The summed E-state index contributed by atoms with van der Waals surface area (Å²) in [5.41, 5.74) is 1.38. The molecule has 1 aromatic carbocycles. The fourth-order valence-electron chi connectivity index (χ4n) is 2.62. The molecule has 3 aromatic rings. The van der Waals surface area contributed by atoms with Gasteiger partial charge in [0.25, 0.3) is 0 Å². The highest BCUT2D eigenvalue weighted by Gasteiger charge is 2.20. The van der Waals surface area contributed by atoms with E-state index in [0.717, 1.165) is 5.69 Å². The van der Waals surface area contributed by atoms with Gasteiger partial charge in [0.2, 0.25) is 11.8 Å². The molecule has 0 aliphatic rings. The van der Waals surface area contributed by atoms with Crippen LogP contribution >= 0.6 is 11.3 Å². The van der Waals surface area contributed by atoms with Gasteiger partial charge >= 0.3 is 0 Å². The Morgan fingerprint density at radius 2 is 1.97 bits per heavy atom. The lowest BCUT2D eigenvalue weighted by molar-refractivity contribution is -0.117. The smallest absolute Gasteiger partial charge is 0.244 e. The number of carbonyl (C=O) groups is 2. The van der Waals surface area contributed by atoms with Crippen molar-refractivity contribution in [2.45, 2.75) is 19.9 Å². The topological polar surface area (TPSA) is 75.2 Å². The van der Waals surface area contributed by atoms with E-state index >= 15 is 0 Å². The van der Waals surface area contributed by atoms with Crippen molar-refractivity contribution in [2.24, 2.45) is 0 Å². The van der Waals surface area contributed by atoms with Crippen LogP contribution in [0.5, 0.6) is 0 Å². The number of aromatic nitrogens is 2. The minimum absolute atomic E-state index is 0.131. The molecule has 148 valence electrons. The van der Waals surface area contributed by atoms with E-state index in [1.807, 2.05) is 25.1 Å². The maximum Gasteiger partial charge on any atom is 0.244 e. The molecule has 3 rings (SSSR count). The van der Waals surface area contributed by atoms with Gasteiger partial charge in [-0.2, -0.15) is 0 Å². The first-order valence-corrected chi connectivity index (χ1v) is 9.74. The Morgan fingerprint density at radius 1 is 1.21 bits per heavy atom. The highest BCUT2D eigenvalue weighted by Crippen LogP contribution is 2.30. The van der Waals surface area contributed by atoms with Crippen LogP contribution in [0.4, 0.5) is 15.2 Å². The monoisotopic (exact) mass is 410 g/mol. The lowest BCUT2D eigenvalue weighted by atomic mass is 10.2. The molecular weight excluding hydrogens is 391 g/mol. The lowest BCUT2D eigenvalue weighted by Gasteiger charge is -2.18. The van der Waals surface area contributed by atoms with E-state index in [4.69, 9.17) is 0 Å². The molecule has 8 heteroatoms. The van der Waals surface area contributed by atoms with Gasteiger partial charge in [-0.1, -0.05) is 18.2 Å². The summed E-state index contributed by atoms with van der Waals surface area (Å²) in [7, 11) is 0. The van der Waals surface area contributed by atoms with Crippen LogP contribution in [-0.4, -0.2) is 21.8 Å². The maximum atomic E-state index is 14.1. The summed E-state index contributed by atoms with van der Waals surface area (Å²) >= 11 is 1.19. The number of pyridine rings is 1. The second-order valence-corrected chi connectivity index (χ2v) is 7.02. The summed E-state index contributed by atoms with van der Waals surface area (Å²) in [4.78, 5) is 34.0. The Labute approximate surface area is 171 Å². The van der Waals surface area contributed by atoms with Gasteiger partial charge in [0.15, 0.2) is 5.13 Å². The zero-order valence-electron chi connectivity index (χ0n) is 15.9. The molecule has 6 nitrogen and oxygen atoms in total. The number of benzene rings is 1. The number of nitrogens with one attached hydrogen (secondary N) is 1. The highest BCUT2D eigenvalue weighted by molar-refractivity contribution is 7.14. The maximum absolute atomic E-state index is 14.1. The van der Waals surface area contributed by atoms with Gasteiger partial charge in [-0.3, -0.25) is 19.5 Å². The molecule has 0 radical (unpaired) electrons. The van der Waals surface area contributed by atoms with Crippen LogP contribution in [-0.2, 0) is 9.59 Å². The first kappa shape index (κ1) is 20.3. The minimum atomic E-state index is -0.516. The number of anilines is 2. The van der Waals surface area contributed by atoms with E-state index in [0.29, 0.717) is 10.8 Å². The van der Waals surface area contributed by atoms with Crippen molar-refractivity contribution in [3.05, 3.63) is 77.3 Å². The zero-order chi connectivity index (χ0) is 20.8. The molecule has 2 heterocycles. The molecule has 0 saturated carbocycles. The zero-order valence-corrected chi connectivity index (χ0v) is 16.7. The number of amides is 2. The van der Waals surface area contributed by atoms with Crippen molar-refractivity contribution in [1.29, 1.82) is 0 Å². The summed E-state index contributed by atoms with van der Waals surface area (Å²) in [5.74, 6) is -1.17. The predicted molar refractivity (Wildman–Crippen MR) is 111 cm³/mol. The van der Waals surface area contributed by atoms with E-state index in [1.165, 1.54) is 41.4 Å². The van der Waals surface area contributed by atoms with Crippen LogP contribution in [0.15, 0.2) is 60.1 Å². The number of halogens is 1. The van der Waals surface area contributed by atoms with E-state index in [2.05, 4.69) is 15.3 Å². The van der Waals surface area contributed by atoms with Crippen molar-refractivity contribution >= 4 is 40.0 Å². The van der Waals surface area contributed by atoms with Gasteiger partial charge < -0.3 is 5.32 Å². The van der Waals surface area contributed by atoms with E-state index < -0.39 is 5.82 Å². The summed E-state index contributed by atoms with van der Waals surface area (Å²) in [6.45, 7) is 3.18. The minimum Gasteiger partial charge on any atom is -0.344 e. The van der Waals surface area contributed by atoms with Crippen LogP contribution < -0.4 is 10.2 Å². The van der Waals surface area contributed by atoms with E-state index in [9.17, 15) is 14.0 Å². The Balaban J connectivity index is 1.71. The first-order chi connectivity index (χ1) is 14.0. The van der Waals surface area contributed by atoms with Crippen LogP contribution in [0.25, 0.3) is 6.08 Å². The Bertz CT molecular complexity index is 1040. The summed E-state index contributed by atoms with van der Waals surface area (Å²) < 4.78 is 14.1. The van der Waals surface area contributed by atoms with E-state index in [1.54, 1.807) is 29.8 Å². The third kappa shape index (κ3) is 5.11. The molecule has 0 aliphatic carbocycles. The molecule has 29 heavy (non-hydrogen) atoms. The first-order valence-electron chi connectivity index (χ1n) is 8.86. The number of nitrogens with zero attached hydrogens (tertiary/aromatic N) is 3. The quantitative estimate of drug-likeness (QED) is 0.617. The molecule has 1 N–H and O–H groups in total. The number of para-hydroxylation sites is 1. The van der Waals surface area contributed by atoms with Gasteiger partial charge in [0.1, 0.15) is 5.82 Å². The van der Waals surface area contributed by atoms with Crippen molar-refractivity contribution in [3.8, 4) is 0 Å². The van der Waals surface area contributed by atoms with Crippen LogP contribution in [0.3, 0.4) is 0 Å². The molecule has 1 atom stereocenters. The fourth-order valence-corrected chi connectivity index (χ4v) is 3.47. The molecule has 0 fully saturated rings. The second-order valence-electron chi connectivity index (χ2n) is 6.18. The van der Waals surface area contributed by atoms with Gasteiger partial charge in [-0.05, 0) is 37.3 Å². The molecule has 2 aromatic heterocycles. The lowest BCUT2D eigenvalue weighted by Crippen LogP contribution is -2.25. The number of thiazole rings is 1. The number of hydrogen-bond donors (Lipinski definition) is 1. The van der Waals surface area contributed by atoms with Crippen LogP contribution in [0.1, 0.15) is 31.3 Å². The molecule has 0 spiro atoms. The predicted octanol–water partition coefficient (Wildman–Crippen LogP) is 4.25. The summed E-state index contributed by atoms with van der Waals surface area (Å²) in [6.07, 6.45) is 4.57. The third-order valence-electron chi connectivity index (χ3n) is 4.01. The van der Waals surface area contributed by atoms with E-state index in [-0.39, 0.29) is 23.5 Å². The molecule has 0 bridgehead atoms. The third-order valence-corrected chi connectivity index (χ3v) is 4.85. The van der Waals surface area contributed by atoms with Crippen molar-refractivity contribution < 1.29 is 14.0 Å². The van der Waals surface area contributed by atoms with Gasteiger partial charge in [0, 0.05) is 24.6 Å². The van der Waals surface area contributed by atoms with Crippen molar-refractivity contribution in [2.75, 3.05) is 4.90 Å². The SMILES string of the molecule is CC(=O)N(c1nc(/C=C/C(=O)NC(C)c2ccccn2)cs1)c1ccccc1F. The molecule has 1 unspecified atom stereocenters. The molecule has 0 saturated heterocycles. The fraction of sp³-hybridized carbons (Fsp3) is 0.143. The average molecular weight is 410 g/mol. The van der Waals surface area contributed by atoms with Crippen molar-refractivity contribution in [3.63, 3.8) is 0 Å². The Kier molecular flexibility index (Phi) is 6.46. The Morgan fingerprint density at radius 3 is 2.66 bits per heavy atom.